The SMILES string of the molecule is c1ccc(-c2nc(-c3ccc4nc(-c5ccccc5)c5ccc6c(c5c4c3)-c3ccccc3C63c4ccccc4Oc4ccccc43)cc(-c3cccc4oc5ccccc5c34)n2)cc1. The molecule has 14 rings (SSSR count). The molecule has 3 aromatic heterocycles. The summed E-state index contributed by atoms with van der Waals surface area (Å²) in [7, 11) is 0. The molecule has 2 aliphatic rings. The fourth-order valence-electron chi connectivity index (χ4n) is 10.8. The van der Waals surface area contributed by atoms with E-state index in [-0.39, 0.29) is 0 Å². The topological polar surface area (TPSA) is 61.0 Å². The summed E-state index contributed by atoms with van der Waals surface area (Å²) in [5, 5.41) is 5.39. The van der Waals surface area contributed by atoms with Crippen LogP contribution in [0.4, 0.5) is 0 Å². The second kappa shape index (κ2) is 13.7. The molecule has 12 aromatic rings. The van der Waals surface area contributed by atoms with Gasteiger partial charge in [0.25, 0.3) is 0 Å². The summed E-state index contributed by atoms with van der Waals surface area (Å²) in [6, 6.07) is 74.6. The highest BCUT2D eigenvalue weighted by molar-refractivity contribution is 6.20. The van der Waals surface area contributed by atoms with E-state index in [2.05, 4.69) is 170 Å². The van der Waals surface area contributed by atoms with Crippen LogP contribution in [0.25, 0.3) is 99.9 Å². The van der Waals surface area contributed by atoms with Crippen molar-refractivity contribution in [3.8, 4) is 67.8 Å². The van der Waals surface area contributed by atoms with Crippen LogP contribution in [0.5, 0.6) is 11.5 Å². The quantitative estimate of drug-likeness (QED) is 0.165. The first-order valence-corrected chi connectivity index (χ1v) is 22.0. The van der Waals surface area contributed by atoms with E-state index in [1.54, 1.807) is 0 Å². The molecule has 0 atom stereocenters. The summed E-state index contributed by atoms with van der Waals surface area (Å²) < 4.78 is 13.0. The number of hydrogen-bond donors (Lipinski definition) is 0. The van der Waals surface area contributed by atoms with Gasteiger partial charge in [-0.2, -0.15) is 0 Å². The van der Waals surface area contributed by atoms with Crippen molar-refractivity contribution in [2.45, 2.75) is 5.41 Å². The van der Waals surface area contributed by atoms with Crippen LogP contribution in [0.2, 0.25) is 0 Å². The molecule has 1 aliphatic heterocycles. The molecular formula is C60H35N3O2. The van der Waals surface area contributed by atoms with Crippen molar-refractivity contribution < 1.29 is 9.15 Å². The molecule has 0 N–H and O–H groups in total. The number of pyridine rings is 1. The van der Waals surface area contributed by atoms with E-state index in [9.17, 15) is 0 Å². The van der Waals surface area contributed by atoms with Crippen LogP contribution in [0.15, 0.2) is 217 Å². The molecule has 5 nitrogen and oxygen atoms in total. The molecule has 0 saturated heterocycles. The maximum atomic E-state index is 6.69. The predicted octanol–water partition coefficient (Wildman–Crippen LogP) is 15.2. The minimum atomic E-state index is -0.615. The van der Waals surface area contributed by atoms with Crippen molar-refractivity contribution in [3.63, 3.8) is 0 Å². The fourth-order valence-corrected chi connectivity index (χ4v) is 10.8. The summed E-state index contributed by atoms with van der Waals surface area (Å²) in [6.45, 7) is 0. The number of aromatic nitrogens is 3. The number of nitrogens with zero attached hydrogens (tertiary/aromatic N) is 3. The normalized spacial score (nSPS) is 13.2. The van der Waals surface area contributed by atoms with Crippen LogP contribution in [-0.2, 0) is 5.41 Å². The monoisotopic (exact) mass is 829 g/mol. The number of rotatable bonds is 4. The summed E-state index contributed by atoms with van der Waals surface area (Å²) in [4.78, 5) is 16.1. The Morgan fingerprint density at radius 1 is 0.369 bits per heavy atom. The molecule has 5 heteroatoms. The van der Waals surface area contributed by atoms with Crippen molar-refractivity contribution in [1.82, 2.24) is 15.0 Å². The lowest BCUT2D eigenvalue weighted by molar-refractivity contribution is 0.436. The molecule has 1 aliphatic carbocycles. The Kier molecular flexibility index (Phi) is 7.54. The lowest BCUT2D eigenvalue weighted by atomic mass is 9.66. The first-order valence-electron chi connectivity index (χ1n) is 22.0. The highest BCUT2D eigenvalue weighted by Gasteiger charge is 2.51. The minimum Gasteiger partial charge on any atom is -0.457 e. The lowest BCUT2D eigenvalue weighted by Gasteiger charge is -2.39. The van der Waals surface area contributed by atoms with Gasteiger partial charge in [0.15, 0.2) is 5.82 Å². The average molecular weight is 830 g/mol. The molecule has 0 amide bonds. The first kappa shape index (κ1) is 35.9. The van der Waals surface area contributed by atoms with Crippen molar-refractivity contribution in [2.75, 3.05) is 0 Å². The van der Waals surface area contributed by atoms with E-state index >= 15 is 0 Å². The molecule has 9 aromatic carbocycles. The van der Waals surface area contributed by atoms with Gasteiger partial charge in [0.1, 0.15) is 22.7 Å². The maximum Gasteiger partial charge on any atom is 0.160 e. The zero-order chi connectivity index (χ0) is 42.6. The standard InChI is InChI=1S/C60H35N3O2/c1-3-16-36(17-4-1)58-42-31-32-47-57(39-20-7-9-23-44(39)60(47)45-24-10-13-27-52(45)65-53-28-14-11-25-46(53)60)56(42)43-34-38(30-33-48(43)61-58)49-35-50(63-59(62-49)37-18-5-2-6-19-37)40-22-15-29-54-55(40)41-21-8-12-26-51(41)64-54/h1-35H. The highest BCUT2D eigenvalue weighted by Crippen LogP contribution is 2.63. The van der Waals surface area contributed by atoms with Gasteiger partial charge in [0, 0.05) is 60.3 Å². The van der Waals surface area contributed by atoms with E-state index in [0.29, 0.717) is 5.82 Å². The number of hydrogen-bond acceptors (Lipinski definition) is 5. The summed E-state index contributed by atoms with van der Waals surface area (Å²) in [5.41, 5.74) is 15.7. The van der Waals surface area contributed by atoms with Crippen molar-refractivity contribution in [2.24, 2.45) is 0 Å². The molecular weight excluding hydrogens is 795 g/mol. The molecule has 0 radical (unpaired) electrons. The largest absolute Gasteiger partial charge is 0.457 e. The van der Waals surface area contributed by atoms with Crippen LogP contribution in [-0.4, -0.2) is 15.0 Å². The van der Waals surface area contributed by atoms with Gasteiger partial charge in [-0.1, -0.05) is 170 Å². The van der Waals surface area contributed by atoms with Crippen LogP contribution in [0.1, 0.15) is 22.3 Å². The van der Waals surface area contributed by atoms with Crippen LogP contribution in [0.3, 0.4) is 0 Å². The predicted molar refractivity (Wildman–Crippen MR) is 261 cm³/mol. The zero-order valence-corrected chi connectivity index (χ0v) is 34.9. The van der Waals surface area contributed by atoms with E-state index in [0.717, 1.165) is 106 Å². The van der Waals surface area contributed by atoms with E-state index in [1.165, 1.54) is 22.3 Å². The second-order valence-corrected chi connectivity index (χ2v) is 17.0. The van der Waals surface area contributed by atoms with Crippen molar-refractivity contribution in [1.29, 1.82) is 0 Å². The molecule has 0 unspecified atom stereocenters. The molecule has 0 bridgehead atoms. The Morgan fingerprint density at radius 2 is 1.02 bits per heavy atom. The fraction of sp³-hybridized carbons (Fsp3) is 0.0167. The van der Waals surface area contributed by atoms with Gasteiger partial charge < -0.3 is 9.15 Å². The third-order valence-corrected chi connectivity index (χ3v) is 13.5. The van der Waals surface area contributed by atoms with Gasteiger partial charge in [-0.05, 0) is 64.7 Å². The number of benzene rings is 9. The Bertz CT molecular complexity index is 3890. The van der Waals surface area contributed by atoms with Crippen LogP contribution >= 0.6 is 0 Å². The van der Waals surface area contributed by atoms with E-state index < -0.39 is 5.41 Å². The lowest BCUT2D eigenvalue weighted by Crippen LogP contribution is -2.32. The van der Waals surface area contributed by atoms with E-state index in [1.807, 2.05) is 42.5 Å². The first-order chi connectivity index (χ1) is 32.2. The minimum absolute atomic E-state index is 0.615. The number of furan rings is 1. The molecule has 0 saturated carbocycles. The average Bonchev–Trinajstić information content (AvgIpc) is 3.90. The van der Waals surface area contributed by atoms with Gasteiger partial charge in [0.2, 0.25) is 0 Å². The second-order valence-electron chi connectivity index (χ2n) is 17.0. The van der Waals surface area contributed by atoms with Gasteiger partial charge in [-0.15, -0.1) is 0 Å². The third kappa shape index (κ3) is 5.12. The van der Waals surface area contributed by atoms with Gasteiger partial charge in [-0.25, -0.2) is 15.0 Å². The van der Waals surface area contributed by atoms with Crippen molar-refractivity contribution in [3.05, 3.63) is 235 Å². The molecule has 0 fully saturated rings. The maximum absolute atomic E-state index is 6.69. The summed E-state index contributed by atoms with van der Waals surface area (Å²) >= 11 is 0. The van der Waals surface area contributed by atoms with Gasteiger partial charge in [-0.3, -0.25) is 0 Å². The molecule has 65 heavy (non-hydrogen) atoms. The van der Waals surface area contributed by atoms with Crippen LogP contribution < -0.4 is 4.74 Å². The van der Waals surface area contributed by atoms with Gasteiger partial charge in [0.05, 0.1) is 28.0 Å². The van der Waals surface area contributed by atoms with Gasteiger partial charge >= 0.3 is 0 Å². The number of ether oxygens (including phenoxy) is 1. The highest BCUT2D eigenvalue weighted by atomic mass is 16.5. The van der Waals surface area contributed by atoms with E-state index in [4.69, 9.17) is 24.1 Å². The Morgan fingerprint density at radius 3 is 1.82 bits per heavy atom. The summed E-state index contributed by atoms with van der Waals surface area (Å²) in [5.74, 6) is 2.39. The summed E-state index contributed by atoms with van der Waals surface area (Å²) in [6.07, 6.45) is 0. The van der Waals surface area contributed by atoms with Crippen molar-refractivity contribution >= 4 is 43.6 Å². The molecule has 302 valence electrons. The third-order valence-electron chi connectivity index (χ3n) is 13.5. The molecule has 1 spiro atoms. The number of para-hydroxylation sites is 3. The molecule has 4 heterocycles. The smallest absolute Gasteiger partial charge is 0.160 e. The Labute approximate surface area is 373 Å². The Balaban J connectivity index is 1.08. The van der Waals surface area contributed by atoms with Crippen LogP contribution in [0, 0.1) is 0 Å². The number of fused-ring (bicyclic) bond motifs is 16. The zero-order valence-electron chi connectivity index (χ0n) is 34.9. The Hall–Kier alpha value is -8.67.